The van der Waals surface area contributed by atoms with Crippen molar-refractivity contribution in [2.75, 3.05) is 26.7 Å². The lowest BCUT2D eigenvalue weighted by atomic mass is 10.1. The maximum atomic E-state index is 14.0. The molecule has 250 valence electrons. The number of likely N-dealkylation sites (N-methyl/N-ethyl adjacent to an activating group) is 1. The Balaban J connectivity index is 1.25. The van der Waals surface area contributed by atoms with Gasteiger partial charge in [0.25, 0.3) is 5.91 Å². The summed E-state index contributed by atoms with van der Waals surface area (Å²) in [7, 11) is -2.57. The molecule has 0 radical (unpaired) electrons. The summed E-state index contributed by atoms with van der Waals surface area (Å²) in [6.07, 6.45) is 1.34. The number of hydrogen-bond donors (Lipinski definition) is 1. The third-order valence-corrected chi connectivity index (χ3v) is 11.2. The van der Waals surface area contributed by atoms with Gasteiger partial charge in [0.1, 0.15) is 28.8 Å². The van der Waals surface area contributed by atoms with Crippen LogP contribution in [0.3, 0.4) is 0 Å². The van der Waals surface area contributed by atoms with Gasteiger partial charge in [-0.2, -0.15) is 9.57 Å². The predicted octanol–water partition coefficient (Wildman–Crippen LogP) is 6.04. The van der Waals surface area contributed by atoms with Crippen LogP contribution in [0.1, 0.15) is 52.0 Å². The maximum absolute atomic E-state index is 14.0. The van der Waals surface area contributed by atoms with E-state index in [1.807, 2.05) is 38.1 Å². The number of sulfonamides is 1. The normalized spacial score (nSPS) is 14.9. The minimum absolute atomic E-state index is 0.0625. The van der Waals surface area contributed by atoms with Crippen molar-refractivity contribution in [1.82, 2.24) is 19.5 Å². The van der Waals surface area contributed by atoms with Crippen molar-refractivity contribution in [2.45, 2.75) is 50.7 Å². The van der Waals surface area contributed by atoms with E-state index in [9.17, 15) is 18.0 Å². The maximum Gasteiger partial charge on any atom is 0.251 e. The summed E-state index contributed by atoms with van der Waals surface area (Å²) in [5.74, 6) is -0.107. The highest BCUT2D eigenvalue weighted by molar-refractivity contribution is 7.89. The second-order valence-electron chi connectivity index (χ2n) is 11.7. The van der Waals surface area contributed by atoms with Crippen molar-refractivity contribution < 1.29 is 22.7 Å². The molecule has 0 aliphatic carbocycles. The molecular formula is C35H35Cl2N5O5S. The van der Waals surface area contributed by atoms with Gasteiger partial charge in [-0.1, -0.05) is 35.3 Å². The molecule has 1 saturated heterocycles. The smallest absolute Gasteiger partial charge is 0.251 e. The van der Waals surface area contributed by atoms with E-state index in [2.05, 4.69) is 10.3 Å². The van der Waals surface area contributed by atoms with Crippen LogP contribution < -0.4 is 10.1 Å². The quantitative estimate of drug-likeness (QED) is 0.188. The molecule has 1 aromatic heterocycles. The third-order valence-electron chi connectivity index (χ3n) is 8.34. The summed E-state index contributed by atoms with van der Waals surface area (Å²) >= 11 is 13.2. The number of aryl methyl sites for hydroxylation is 2. The molecule has 4 aromatic rings. The monoisotopic (exact) mass is 707 g/mol. The van der Waals surface area contributed by atoms with Gasteiger partial charge in [0.2, 0.25) is 15.9 Å². The number of nitrogens with zero attached hydrogens (tertiary/aromatic N) is 4. The Hall–Kier alpha value is -4.21. The number of carbonyl (C=O) groups is 2. The Labute approximate surface area is 290 Å². The van der Waals surface area contributed by atoms with Crippen molar-refractivity contribution >= 4 is 55.9 Å². The largest absolute Gasteiger partial charge is 0.487 e. The second-order valence-corrected chi connectivity index (χ2v) is 14.3. The molecule has 0 unspecified atom stereocenters. The van der Waals surface area contributed by atoms with Crippen LogP contribution in [0.15, 0.2) is 65.6 Å². The van der Waals surface area contributed by atoms with E-state index in [0.29, 0.717) is 60.3 Å². The Morgan fingerprint density at radius 3 is 2.60 bits per heavy atom. The van der Waals surface area contributed by atoms with Crippen LogP contribution in [0.5, 0.6) is 5.75 Å². The van der Waals surface area contributed by atoms with Gasteiger partial charge in [-0.15, -0.1) is 0 Å². The van der Waals surface area contributed by atoms with E-state index >= 15 is 0 Å². The number of rotatable bonds is 11. The molecule has 0 bridgehead atoms. The number of para-hydroxylation sites is 1. The number of halogens is 2. The fourth-order valence-corrected chi connectivity index (χ4v) is 8.33. The highest BCUT2D eigenvalue weighted by atomic mass is 35.5. The average Bonchev–Trinajstić information content (AvgIpc) is 3.57. The SMILES string of the molecule is Cc1cc(C)c2cccc(OCc3c(Cl)ccc(S(=O)(=O)N4CCC[C@H]4C(=O)N(C)CCCNC(=O)c4ccc(C#N)cc4)c3Cl)c2n1. The van der Waals surface area contributed by atoms with Crippen LogP contribution in [0, 0.1) is 25.2 Å². The van der Waals surface area contributed by atoms with Crippen molar-refractivity contribution in [1.29, 1.82) is 5.26 Å². The number of nitriles is 1. The molecule has 2 heterocycles. The minimum atomic E-state index is -4.19. The van der Waals surface area contributed by atoms with E-state index in [4.69, 9.17) is 33.2 Å². The van der Waals surface area contributed by atoms with Crippen LogP contribution >= 0.6 is 23.2 Å². The molecule has 1 fully saturated rings. The summed E-state index contributed by atoms with van der Waals surface area (Å²) in [6, 6.07) is 17.8. The average molecular weight is 709 g/mol. The fraction of sp³-hybridized carbons (Fsp3) is 0.314. The van der Waals surface area contributed by atoms with Crippen LogP contribution in [0.2, 0.25) is 10.0 Å². The molecule has 1 N–H and O–H groups in total. The van der Waals surface area contributed by atoms with Gasteiger partial charge in [0.15, 0.2) is 0 Å². The highest BCUT2D eigenvalue weighted by Crippen LogP contribution is 2.37. The van der Waals surface area contributed by atoms with Crippen molar-refractivity contribution in [3.8, 4) is 11.8 Å². The van der Waals surface area contributed by atoms with E-state index in [1.54, 1.807) is 37.4 Å². The lowest BCUT2D eigenvalue weighted by Gasteiger charge is -2.28. The van der Waals surface area contributed by atoms with E-state index < -0.39 is 16.1 Å². The summed E-state index contributed by atoms with van der Waals surface area (Å²) in [5, 5.41) is 12.9. The molecule has 1 atom stereocenters. The minimum Gasteiger partial charge on any atom is -0.487 e. The molecule has 10 nitrogen and oxygen atoms in total. The summed E-state index contributed by atoms with van der Waals surface area (Å²) < 4.78 is 35.3. The Kier molecular flexibility index (Phi) is 10.9. The highest BCUT2D eigenvalue weighted by Gasteiger charge is 2.41. The van der Waals surface area contributed by atoms with Gasteiger partial charge in [-0.3, -0.25) is 9.59 Å². The fourth-order valence-electron chi connectivity index (χ4n) is 5.81. The number of fused-ring (bicyclic) bond motifs is 1. The number of hydrogen-bond acceptors (Lipinski definition) is 7. The molecule has 3 aromatic carbocycles. The number of aromatic nitrogens is 1. The molecule has 13 heteroatoms. The Morgan fingerprint density at radius 2 is 1.88 bits per heavy atom. The number of benzene rings is 3. The van der Waals surface area contributed by atoms with Gasteiger partial charge >= 0.3 is 0 Å². The van der Waals surface area contributed by atoms with Crippen LogP contribution in [-0.2, 0) is 21.4 Å². The van der Waals surface area contributed by atoms with Gasteiger partial charge in [-0.05, 0) is 87.2 Å². The lowest BCUT2D eigenvalue weighted by molar-refractivity contribution is -0.133. The molecule has 48 heavy (non-hydrogen) atoms. The molecule has 5 rings (SSSR count). The Bertz CT molecular complexity index is 2010. The summed E-state index contributed by atoms with van der Waals surface area (Å²) in [6.45, 7) is 4.59. The van der Waals surface area contributed by atoms with Gasteiger partial charge < -0.3 is 15.0 Å². The van der Waals surface area contributed by atoms with Crippen LogP contribution in [0.4, 0.5) is 0 Å². The first kappa shape index (κ1) is 35.1. The van der Waals surface area contributed by atoms with E-state index in [-0.39, 0.29) is 39.9 Å². The second kappa shape index (κ2) is 14.9. The zero-order valence-corrected chi connectivity index (χ0v) is 29.1. The standard InChI is InChI=1S/C35H35Cl2N5O5S/c1-22-19-23(2)40-33-26(22)7-4-9-30(33)47-21-27-28(36)14-15-31(32(27)37)48(45,46)42-18-5-8-29(42)35(44)41(3)17-6-16-39-34(43)25-12-10-24(20-38)11-13-25/h4,7,9-15,19,29H,5-6,8,16-18,21H2,1-3H3,(H,39,43)/t29-/m0/s1. The molecular weight excluding hydrogens is 673 g/mol. The summed E-state index contributed by atoms with van der Waals surface area (Å²) in [5.41, 5.74) is 3.77. The topological polar surface area (TPSA) is 133 Å². The van der Waals surface area contributed by atoms with Gasteiger partial charge in [0.05, 0.1) is 16.7 Å². The van der Waals surface area contributed by atoms with Crippen LogP contribution in [-0.4, -0.2) is 67.1 Å². The molecule has 0 spiro atoms. The third kappa shape index (κ3) is 7.42. The van der Waals surface area contributed by atoms with Crippen molar-refractivity contribution in [2.24, 2.45) is 0 Å². The summed E-state index contributed by atoms with van der Waals surface area (Å²) in [4.78, 5) is 31.9. The molecule has 2 amide bonds. The van der Waals surface area contributed by atoms with E-state index in [0.717, 1.165) is 16.6 Å². The number of pyridine rings is 1. The zero-order valence-electron chi connectivity index (χ0n) is 26.8. The first-order chi connectivity index (χ1) is 22.9. The lowest BCUT2D eigenvalue weighted by Crippen LogP contribution is -2.47. The van der Waals surface area contributed by atoms with Crippen LogP contribution in [0.25, 0.3) is 10.9 Å². The number of amides is 2. The predicted molar refractivity (Wildman–Crippen MR) is 185 cm³/mol. The molecule has 0 saturated carbocycles. The molecule has 1 aliphatic rings. The Morgan fingerprint density at radius 1 is 1.12 bits per heavy atom. The van der Waals surface area contributed by atoms with Crippen molar-refractivity contribution in [3.63, 3.8) is 0 Å². The number of nitrogens with one attached hydrogen (secondary N) is 1. The first-order valence-corrected chi connectivity index (χ1v) is 17.6. The van der Waals surface area contributed by atoms with Crippen molar-refractivity contribution in [3.05, 3.63) is 98.7 Å². The number of ether oxygens (including phenoxy) is 1. The number of carbonyl (C=O) groups excluding carboxylic acids is 2. The van der Waals surface area contributed by atoms with Gasteiger partial charge in [-0.25, -0.2) is 13.4 Å². The van der Waals surface area contributed by atoms with Gasteiger partial charge in [0, 0.05) is 53.9 Å². The molecule has 1 aliphatic heterocycles. The zero-order chi connectivity index (χ0) is 34.6. The van der Waals surface area contributed by atoms with E-state index in [1.165, 1.54) is 21.3 Å². The first-order valence-electron chi connectivity index (χ1n) is 15.4.